The van der Waals surface area contributed by atoms with Crippen molar-refractivity contribution in [2.75, 3.05) is 0 Å². The SMILES string of the molecule is CC(C)c1c(Cl)ncnc1Oc1cc(F)c(Cl)cc1Br. The van der Waals surface area contributed by atoms with E-state index in [1.165, 1.54) is 18.5 Å². The van der Waals surface area contributed by atoms with Gasteiger partial charge in [0.05, 0.1) is 15.1 Å². The van der Waals surface area contributed by atoms with Crippen LogP contribution in [0, 0.1) is 5.82 Å². The van der Waals surface area contributed by atoms with E-state index in [0.717, 1.165) is 0 Å². The zero-order valence-corrected chi connectivity index (χ0v) is 13.7. The molecule has 0 N–H and O–H groups in total. The molecule has 2 aromatic rings. The zero-order valence-electron chi connectivity index (χ0n) is 10.6. The van der Waals surface area contributed by atoms with E-state index in [2.05, 4.69) is 25.9 Å². The van der Waals surface area contributed by atoms with E-state index in [-0.39, 0.29) is 16.7 Å². The minimum Gasteiger partial charge on any atom is -0.437 e. The van der Waals surface area contributed by atoms with Gasteiger partial charge in [-0.05, 0) is 27.9 Å². The van der Waals surface area contributed by atoms with Crippen molar-refractivity contribution in [1.82, 2.24) is 9.97 Å². The molecule has 0 saturated carbocycles. The van der Waals surface area contributed by atoms with Gasteiger partial charge in [-0.3, -0.25) is 0 Å². The predicted octanol–water partition coefficient (Wildman–Crippen LogP) is 5.60. The summed E-state index contributed by atoms with van der Waals surface area (Å²) in [6, 6.07) is 2.61. The van der Waals surface area contributed by atoms with Crippen LogP contribution in [0.2, 0.25) is 10.2 Å². The van der Waals surface area contributed by atoms with Gasteiger partial charge in [-0.25, -0.2) is 14.4 Å². The Morgan fingerprint density at radius 2 is 1.95 bits per heavy atom. The number of halogens is 4. The molecule has 2 rings (SSSR count). The topological polar surface area (TPSA) is 35.0 Å². The fraction of sp³-hybridized carbons (Fsp3) is 0.231. The van der Waals surface area contributed by atoms with E-state index in [1.807, 2.05) is 13.8 Å². The molecule has 1 aromatic carbocycles. The third-order valence-electron chi connectivity index (χ3n) is 2.56. The summed E-state index contributed by atoms with van der Waals surface area (Å²) in [4.78, 5) is 7.98. The molecule has 106 valence electrons. The van der Waals surface area contributed by atoms with Gasteiger partial charge in [0.2, 0.25) is 5.88 Å². The van der Waals surface area contributed by atoms with Crippen LogP contribution in [0.25, 0.3) is 0 Å². The van der Waals surface area contributed by atoms with Crippen LogP contribution in [-0.4, -0.2) is 9.97 Å². The molecule has 20 heavy (non-hydrogen) atoms. The van der Waals surface area contributed by atoms with Crippen LogP contribution in [0.4, 0.5) is 4.39 Å². The van der Waals surface area contributed by atoms with Crippen molar-refractivity contribution < 1.29 is 9.13 Å². The molecule has 7 heteroatoms. The first kappa shape index (κ1) is 15.5. The van der Waals surface area contributed by atoms with Gasteiger partial charge in [0.15, 0.2) is 0 Å². The van der Waals surface area contributed by atoms with Gasteiger partial charge in [-0.2, -0.15) is 0 Å². The maximum absolute atomic E-state index is 13.5. The Morgan fingerprint density at radius 3 is 2.60 bits per heavy atom. The summed E-state index contributed by atoms with van der Waals surface area (Å²) in [7, 11) is 0. The average Bonchev–Trinajstić information content (AvgIpc) is 2.35. The van der Waals surface area contributed by atoms with Crippen LogP contribution in [0.1, 0.15) is 25.3 Å². The third-order valence-corrected chi connectivity index (χ3v) is 3.77. The first-order valence-corrected chi connectivity index (χ1v) is 7.27. The van der Waals surface area contributed by atoms with Crippen molar-refractivity contribution in [3.05, 3.63) is 44.5 Å². The Balaban J connectivity index is 2.45. The summed E-state index contributed by atoms with van der Waals surface area (Å²) in [5, 5.41) is 0.324. The number of nitrogens with zero attached hydrogens (tertiary/aromatic N) is 2. The number of rotatable bonds is 3. The molecule has 0 fully saturated rings. The van der Waals surface area contributed by atoms with Crippen LogP contribution in [-0.2, 0) is 0 Å². The van der Waals surface area contributed by atoms with Crippen molar-refractivity contribution in [2.45, 2.75) is 19.8 Å². The second kappa shape index (κ2) is 6.24. The van der Waals surface area contributed by atoms with Crippen molar-refractivity contribution in [1.29, 1.82) is 0 Å². The molecule has 1 heterocycles. The number of ether oxygens (including phenoxy) is 1. The predicted molar refractivity (Wildman–Crippen MR) is 80.3 cm³/mol. The van der Waals surface area contributed by atoms with Crippen molar-refractivity contribution in [2.24, 2.45) is 0 Å². The molecular weight excluding hydrogens is 370 g/mol. The molecule has 0 amide bonds. The maximum atomic E-state index is 13.5. The van der Waals surface area contributed by atoms with E-state index >= 15 is 0 Å². The minimum atomic E-state index is -0.573. The number of hydrogen-bond donors (Lipinski definition) is 0. The summed E-state index contributed by atoms with van der Waals surface area (Å²) >= 11 is 15.0. The van der Waals surface area contributed by atoms with Gasteiger partial charge < -0.3 is 4.74 Å². The highest BCUT2D eigenvalue weighted by atomic mass is 79.9. The van der Waals surface area contributed by atoms with Gasteiger partial charge in [0.25, 0.3) is 0 Å². The molecule has 1 aromatic heterocycles. The van der Waals surface area contributed by atoms with Crippen LogP contribution in [0.15, 0.2) is 22.9 Å². The summed E-state index contributed by atoms with van der Waals surface area (Å²) in [6.07, 6.45) is 1.30. The lowest BCUT2D eigenvalue weighted by Gasteiger charge is -2.14. The lowest BCUT2D eigenvalue weighted by atomic mass is 10.1. The van der Waals surface area contributed by atoms with Crippen LogP contribution in [0.3, 0.4) is 0 Å². The molecule has 3 nitrogen and oxygen atoms in total. The molecule has 0 saturated heterocycles. The van der Waals surface area contributed by atoms with Crippen molar-refractivity contribution in [3.8, 4) is 11.6 Å². The first-order chi connectivity index (χ1) is 9.40. The van der Waals surface area contributed by atoms with E-state index in [4.69, 9.17) is 27.9 Å². The van der Waals surface area contributed by atoms with Crippen LogP contribution < -0.4 is 4.74 Å². The lowest BCUT2D eigenvalue weighted by molar-refractivity contribution is 0.444. The zero-order chi connectivity index (χ0) is 14.9. The average molecular weight is 380 g/mol. The summed E-state index contributed by atoms with van der Waals surface area (Å²) < 4.78 is 19.7. The van der Waals surface area contributed by atoms with E-state index in [0.29, 0.717) is 21.1 Å². The largest absolute Gasteiger partial charge is 0.437 e. The van der Waals surface area contributed by atoms with E-state index < -0.39 is 5.82 Å². The molecule has 0 aliphatic rings. The third kappa shape index (κ3) is 3.22. The van der Waals surface area contributed by atoms with Gasteiger partial charge in [0, 0.05) is 6.07 Å². The standard InChI is InChI=1S/C13H10BrCl2FN2O/c1-6(2)11-12(16)18-5-19-13(11)20-10-4-9(17)8(15)3-7(10)14/h3-6H,1-2H3. The molecule has 0 radical (unpaired) electrons. The molecule has 0 bridgehead atoms. The van der Waals surface area contributed by atoms with Crippen molar-refractivity contribution in [3.63, 3.8) is 0 Å². The second-order valence-electron chi connectivity index (χ2n) is 4.34. The fourth-order valence-electron chi connectivity index (χ4n) is 1.61. The Hall–Kier alpha value is -0.910. The van der Waals surface area contributed by atoms with E-state index in [1.54, 1.807) is 0 Å². The van der Waals surface area contributed by atoms with Gasteiger partial charge in [-0.15, -0.1) is 0 Å². The first-order valence-electron chi connectivity index (χ1n) is 5.73. The van der Waals surface area contributed by atoms with Gasteiger partial charge in [-0.1, -0.05) is 37.0 Å². The van der Waals surface area contributed by atoms with Crippen LogP contribution in [0.5, 0.6) is 11.6 Å². The van der Waals surface area contributed by atoms with Crippen LogP contribution >= 0.6 is 39.1 Å². The maximum Gasteiger partial charge on any atom is 0.227 e. The highest BCUT2D eigenvalue weighted by Crippen LogP contribution is 2.37. The molecule has 0 aliphatic carbocycles. The summed E-state index contributed by atoms with van der Waals surface area (Å²) in [5.74, 6) is 0.0525. The van der Waals surface area contributed by atoms with Gasteiger partial charge >= 0.3 is 0 Å². The van der Waals surface area contributed by atoms with Gasteiger partial charge in [0.1, 0.15) is 23.0 Å². The number of hydrogen-bond acceptors (Lipinski definition) is 3. The Kier molecular flexibility index (Phi) is 4.83. The second-order valence-corrected chi connectivity index (χ2v) is 5.96. The summed E-state index contributed by atoms with van der Waals surface area (Å²) in [6.45, 7) is 3.88. The highest BCUT2D eigenvalue weighted by molar-refractivity contribution is 9.10. The summed E-state index contributed by atoms with van der Waals surface area (Å²) in [5.41, 5.74) is 0.663. The monoisotopic (exact) mass is 378 g/mol. The Bertz CT molecular complexity index is 653. The van der Waals surface area contributed by atoms with E-state index in [9.17, 15) is 4.39 Å². The molecule has 0 atom stereocenters. The minimum absolute atomic E-state index is 0.00836. The Labute approximate surface area is 134 Å². The smallest absolute Gasteiger partial charge is 0.227 e. The lowest BCUT2D eigenvalue weighted by Crippen LogP contribution is -2.00. The highest BCUT2D eigenvalue weighted by Gasteiger charge is 2.17. The van der Waals surface area contributed by atoms with Crippen molar-refractivity contribution >= 4 is 39.1 Å². The molecule has 0 aliphatic heterocycles. The molecule has 0 unspecified atom stereocenters. The molecule has 0 spiro atoms. The Morgan fingerprint density at radius 1 is 1.25 bits per heavy atom. The number of benzene rings is 1. The fourth-order valence-corrected chi connectivity index (χ4v) is 2.67. The molecular formula is C13H10BrCl2FN2O. The number of aromatic nitrogens is 2. The quantitative estimate of drug-likeness (QED) is 0.514. The normalized spacial score (nSPS) is 10.9.